The lowest BCUT2D eigenvalue weighted by molar-refractivity contribution is 0.265. The van der Waals surface area contributed by atoms with E-state index >= 15 is 0 Å². The monoisotopic (exact) mass is 220 g/mol. The van der Waals surface area contributed by atoms with Gasteiger partial charge in [0, 0.05) is 12.2 Å². The molecule has 88 valence electrons. The number of pyridine rings is 1. The van der Waals surface area contributed by atoms with Crippen LogP contribution in [0, 0.1) is 6.92 Å². The van der Waals surface area contributed by atoms with Crippen LogP contribution in [0.2, 0.25) is 0 Å². The molecule has 0 aliphatic heterocycles. The van der Waals surface area contributed by atoms with E-state index in [0.717, 1.165) is 30.2 Å². The summed E-state index contributed by atoms with van der Waals surface area (Å²) < 4.78 is 5.73. The Labute approximate surface area is 97.5 Å². The number of rotatable bonds is 6. The highest BCUT2D eigenvalue weighted by Crippen LogP contribution is 2.18. The third-order valence-corrected chi connectivity index (χ3v) is 2.26. The summed E-state index contributed by atoms with van der Waals surface area (Å²) in [6.45, 7) is 11.4. The van der Waals surface area contributed by atoms with Crippen LogP contribution in [0.4, 0.5) is 0 Å². The molecule has 1 aromatic heterocycles. The lowest BCUT2D eigenvalue weighted by Gasteiger charge is -2.14. The van der Waals surface area contributed by atoms with E-state index in [9.17, 15) is 0 Å². The van der Waals surface area contributed by atoms with Crippen molar-refractivity contribution in [2.75, 3.05) is 6.54 Å². The Balaban J connectivity index is 2.84. The molecule has 1 aromatic rings. The van der Waals surface area contributed by atoms with Crippen molar-refractivity contribution in [2.24, 2.45) is 0 Å². The standard InChI is InChI=1S/C13H20N2O/c1-5-11(4)16-13-8-7-10(3)15-12(13)9-14-6-2/h5,7-8,11,14H,1,6,9H2,2-4H3. The molecule has 0 amide bonds. The fraction of sp³-hybridized carbons (Fsp3) is 0.462. The zero-order valence-corrected chi connectivity index (χ0v) is 10.3. The summed E-state index contributed by atoms with van der Waals surface area (Å²) in [6.07, 6.45) is 1.78. The predicted octanol–water partition coefficient (Wildman–Crippen LogP) is 2.45. The predicted molar refractivity (Wildman–Crippen MR) is 66.6 cm³/mol. The summed E-state index contributed by atoms with van der Waals surface area (Å²) in [5, 5.41) is 3.26. The number of nitrogens with zero attached hydrogens (tertiary/aromatic N) is 1. The second-order valence-corrected chi connectivity index (χ2v) is 3.74. The first-order chi connectivity index (χ1) is 7.67. The molecule has 1 unspecified atom stereocenters. The molecule has 1 atom stereocenters. The van der Waals surface area contributed by atoms with E-state index in [1.54, 1.807) is 6.08 Å². The van der Waals surface area contributed by atoms with Crippen LogP contribution in [-0.2, 0) is 6.54 Å². The molecule has 1 heterocycles. The van der Waals surface area contributed by atoms with Gasteiger partial charge in [-0.1, -0.05) is 19.6 Å². The smallest absolute Gasteiger partial charge is 0.143 e. The average Bonchev–Trinajstić information content (AvgIpc) is 2.29. The number of aryl methyl sites for hydroxylation is 1. The van der Waals surface area contributed by atoms with E-state index in [2.05, 4.69) is 23.8 Å². The first kappa shape index (κ1) is 12.7. The van der Waals surface area contributed by atoms with Crippen molar-refractivity contribution in [3.63, 3.8) is 0 Å². The number of hydrogen-bond acceptors (Lipinski definition) is 3. The number of aromatic nitrogens is 1. The minimum absolute atomic E-state index is 0.00452. The van der Waals surface area contributed by atoms with Gasteiger partial charge >= 0.3 is 0 Å². The van der Waals surface area contributed by atoms with Crippen LogP contribution in [0.5, 0.6) is 5.75 Å². The van der Waals surface area contributed by atoms with Gasteiger partial charge in [-0.15, -0.1) is 0 Å². The first-order valence-electron chi connectivity index (χ1n) is 5.63. The van der Waals surface area contributed by atoms with E-state index in [1.807, 2.05) is 26.0 Å². The molecule has 0 saturated heterocycles. The van der Waals surface area contributed by atoms with E-state index in [0.29, 0.717) is 0 Å². The average molecular weight is 220 g/mol. The normalized spacial score (nSPS) is 12.2. The second-order valence-electron chi connectivity index (χ2n) is 3.74. The van der Waals surface area contributed by atoms with Crippen molar-refractivity contribution >= 4 is 0 Å². The van der Waals surface area contributed by atoms with Crippen LogP contribution in [0.15, 0.2) is 24.8 Å². The Morgan fingerprint density at radius 3 is 2.94 bits per heavy atom. The van der Waals surface area contributed by atoms with Crippen LogP contribution >= 0.6 is 0 Å². The van der Waals surface area contributed by atoms with Crippen LogP contribution < -0.4 is 10.1 Å². The Bertz CT molecular complexity index is 350. The highest BCUT2D eigenvalue weighted by atomic mass is 16.5. The molecule has 0 bridgehead atoms. The van der Waals surface area contributed by atoms with E-state index < -0.39 is 0 Å². The molecule has 0 aliphatic rings. The molecule has 1 rings (SSSR count). The highest BCUT2D eigenvalue weighted by Gasteiger charge is 2.07. The topological polar surface area (TPSA) is 34.1 Å². The summed E-state index contributed by atoms with van der Waals surface area (Å²) in [4.78, 5) is 4.48. The van der Waals surface area contributed by atoms with Gasteiger partial charge in [-0.05, 0) is 32.5 Å². The minimum atomic E-state index is 0.00452. The van der Waals surface area contributed by atoms with Crippen molar-refractivity contribution in [1.29, 1.82) is 0 Å². The fourth-order valence-corrected chi connectivity index (χ4v) is 1.32. The lowest BCUT2D eigenvalue weighted by atomic mass is 10.2. The van der Waals surface area contributed by atoms with Crippen LogP contribution in [0.1, 0.15) is 25.2 Å². The highest BCUT2D eigenvalue weighted by molar-refractivity contribution is 5.29. The van der Waals surface area contributed by atoms with Gasteiger partial charge in [0.2, 0.25) is 0 Å². The largest absolute Gasteiger partial charge is 0.485 e. The molecule has 0 fully saturated rings. The Morgan fingerprint density at radius 2 is 2.31 bits per heavy atom. The molecule has 0 aliphatic carbocycles. The number of nitrogens with one attached hydrogen (secondary N) is 1. The minimum Gasteiger partial charge on any atom is -0.485 e. The molecular formula is C13H20N2O. The molecular weight excluding hydrogens is 200 g/mol. The summed E-state index contributed by atoms with van der Waals surface area (Å²) in [5.74, 6) is 0.832. The first-order valence-corrected chi connectivity index (χ1v) is 5.63. The maximum Gasteiger partial charge on any atom is 0.143 e. The second kappa shape index (κ2) is 6.28. The van der Waals surface area contributed by atoms with Crippen molar-refractivity contribution < 1.29 is 4.74 Å². The van der Waals surface area contributed by atoms with Gasteiger partial charge in [-0.25, -0.2) is 0 Å². The fourth-order valence-electron chi connectivity index (χ4n) is 1.32. The maximum atomic E-state index is 5.73. The summed E-state index contributed by atoms with van der Waals surface area (Å²) in [6, 6.07) is 3.93. The van der Waals surface area contributed by atoms with E-state index in [4.69, 9.17) is 4.74 Å². The van der Waals surface area contributed by atoms with Crippen molar-refractivity contribution in [2.45, 2.75) is 33.4 Å². The quantitative estimate of drug-likeness (QED) is 0.748. The summed E-state index contributed by atoms with van der Waals surface area (Å²) in [7, 11) is 0. The van der Waals surface area contributed by atoms with Crippen molar-refractivity contribution in [3.05, 3.63) is 36.2 Å². The zero-order chi connectivity index (χ0) is 12.0. The lowest BCUT2D eigenvalue weighted by Crippen LogP contribution is -2.16. The van der Waals surface area contributed by atoms with E-state index in [1.165, 1.54) is 0 Å². The molecule has 0 aromatic carbocycles. The Hall–Kier alpha value is -1.35. The molecule has 1 N–H and O–H groups in total. The molecule has 0 spiro atoms. The molecule has 3 heteroatoms. The van der Waals surface area contributed by atoms with Gasteiger partial charge < -0.3 is 10.1 Å². The van der Waals surface area contributed by atoms with Crippen molar-refractivity contribution in [3.8, 4) is 5.75 Å². The van der Waals surface area contributed by atoms with Gasteiger partial charge in [0.15, 0.2) is 0 Å². The Morgan fingerprint density at radius 1 is 1.56 bits per heavy atom. The van der Waals surface area contributed by atoms with Crippen LogP contribution in [-0.4, -0.2) is 17.6 Å². The third-order valence-electron chi connectivity index (χ3n) is 2.26. The zero-order valence-electron chi connectivity index (χ0n) is 10.3. The van der Waals surface area contributed by atoms with Crippen molar-refractivity contribution in [1.82, 2.24) is 10.3 Å². The molecule has 3 nitrogen and oxygen atoms in total. The van der Waals surface area contributed by atoms with Crippen LogP contribution in [0.25, 0.3) is 0 Å². The number of hydrogen-bond donors (Lipinski definition) is 1. The van der Waals surface area contributed by atoms with Gasteiger partial charge in [-0.2, -0.15) is 0 Å². The van der Waals surface area contributed by atoms with Gasteiger partial charge in [0.05, 0.1) is 5.69 Å². The molecule has 0 radical (unpaired) electrons. The summed E-state index contributed by atoms with van der Waals surface area (Å²) >= 11 is 0. The van der Waals surface area contributed by atoms with Gasteiger partial charge in [0.25, 0.3) is 0 Å². The van der Waals surface area contributed by atoms with E-state index in [-0.39, 0.29) is 6.10 Å². The molecule has 16 heavy (non-hydrogen) atoms. The Kier molecular flexibility index (Phi) is 4.99. The van der Waals surface area contributed by atoms with Crippen LogP contribution in [0.3, 0.4) is 0 Å². The van der Waals surface area contributed by atoms with Gasteiger partial charge in [-0.3, -0.25) is 4.98 Å². The molecule has 0 saturated carbocycles. The van der Waals surface area contributed by atoms with Gasteiger partial charge in [0.1, 0.15) is 11.9 Å². The summed E-state index contributed by atoms with van der Waals surface area (Å²) in [5.41, 5.74) is 1.96. The SMILES string of the molecule is C=CC(C)Oc1ccc(C)nc1CNCC. The number of ether oxygens (including phenoxy) is 1. The third kappa shape index (κ3) is 3.66. The maximum absolute atomic E-state index is 5.73.